The molecule has 4 heteroatoms. The van der Waals surface area contributed by atoms with Crippen molar-refractivity contribution in [3.8, 4) is 11.8 Å². The Kier molecular flexibility index (Phi) is 3.85. The van der Waals surface area contributed by atoms with Crippen molar-refractivity contribution in [2.24, 2.45) is 0 Å². The van der Waals surface area contributed by atoms with Gasteiger partial charge in [-0.05, 0) is 54.3 Å². The summed E-state index contributed by atoms with van der Waals surface area (Å²) in [6.07, 6.45) is 2.08. The second-order valence-electron chi connectivity index (χ2n) is 5.10. The number of anilines is 1. The molecule has 3 rings (SSSR count). The van der Waals surface area contributed by atoms with E-state index < -0.39 is 0 Å². The predicted octanol–water partition coefficient (Wildman–Crippen LogP) is 4.43. The number of benzene rings is 2. The van der Waals surface area contributed by atoms with E-state index in [-0.39, 0.29) is 6.04 Å². The Morgan fingerprint density at radius 3 is 2.90 bits per heavy atom. The highest BCUT2D eigenvalue weighted by Crippen LogP contribution is 2.37. The van der Waals surface area contributed by atoms with Crippen LogP contribution in [0.2, 0.25) is 0 Å². The molecule has 2 aromatic rings. The normalized spacial score (nSPS) is 16.1. The highest BCUT2D eigenvalue weighted by Gasteiger charge is 2.23. The minimum atomic E-state index is 0.219. The standard InChI is InChI=1S/C17H15BrN2O/c1-21-14-6-3-11-4-7-16(15(11)9-14)20-17-8-13(18)5-2-12(17)10-19/h2-3,5-6,8-9,16,20H,4,7H2,1H3. The number of fused-ring (bicyclic) bond motifs is 1. The Balaban J connectivity index is 1.92. The first-order chi connectivity index (χ1) is 10.2. The molecule has 0 heterocycles. The summed E-state index contributed by atoms with van der Waals surface area (Å²) in [5.74, 6) is 0.872. The number of nitrogens with one attached hydrogen (secondary N) is 1. The lowest BCUT2D eigenvalue weighted by atomic mass is 10.1. The molecule has 0 aromatic heterocycles. The average Bonchev–Trinajstić information content (AvgIpc) is 2.90. The van der Waals surface area contributed by atoms with Crippen LogP contribution in [0.5, 0.6) is 5.75 Å². The molecule has 1 aliphatic rings. The van der Waals surface area contributed by atoms with E-state index in [4.69, 9.17) is 4.74 Å². The molecule has 1 unspecified atom stereocenters. The average molecular weight is 343 g/mol. The molecule has 1 N–H and O–H groups in total. The van der Waals surface area contributed by atoms with E-state index in [1.54, 1.807) is 7.11 Å². The van der Waals surface area contributed by atoms with E-state index >= 15 is 0 Å². The molecule has 0 fully saturated rings. The molecule has 0 aliphatic heterocycles. The smallest absolute Gasteiger partial charge is 0.119 e. The number of aryl methyl sites for hydroxylation is 1. The molecule has 0 spiro atoms. The van der Waals surface area contributed by atoms with E-state index in [9.17, 15) is 5.26 Å². The van der Waals surface area contributed by atoms with Gasteiger partial charge in [-0.15, -0.1) is 0 Å². The van der Waals surface area contributed by atoms with Crippen LogP contribution in [0.1, 0.15) is 29.2 Å². The molecule has 0 bridgehead atoms. The molecule has 3 nitrogen and oxygen atoms in total. The minimum Gasteiger partial charge on any atom is -0.497 e. The molecule has 0 amide bonds. The molecular weight excluding hydrogens is 328 g/mol. The zero-order valence-corrected chi connectivity index (χ0v) is 13.3. The van der Waals surface area contributed by atoms with E-state index in [1.165, 1.54) is 11.1 Å². The maximum atomic E-state index is 9.24. The van der Waals surface area contributed by atoms with E-state index in [2.05, 4.69) is 39.4 Å². The molecule has 0 radical (unpaired) electrons. The lowest BCUT2D eigenvalue weighted by Crippen LogP contribution is -2.08. The van der Waals surface area contributed by atoms with Gasteiger partial charge in [0.2, 0.25) is 0 Å². The van der Waals surface area contributed by atoms with Crippen molar-refractivity contribution < 1.29 is 4.74 Å². The highest BCUT2D eigenvalue weighted by molar-refractivity contribution is 9.10. The van der Waals surface area contributed by atoms with Gasteiger partial charge in [-0.25, -0.2) is 0 Å². The van der Waals surface area contributed by atoms with Gasteiger partial charge in [0, 0.05) is 4.47 Å². The Hall–Kier alpha value is -1.99. The third kappa shape index (κ3) is 2.74. The van der Waals surface area contributed by atoms with Gasteiger partial charge in [-0.2, -0.15) is 5.26 Å². The molecular formula is C17H15BrN2O. The lowest BCUT2D eigenvalue weighted by Gasteiger charge is -2.17. The largest absolute Gasteiger partial charge is 0.497 e. The van der Waals surface area contributed by atoms with Crippen LogP contribution in [0, 0.1) is 11.3 Å². The van der Waals surface area contributed by atoms with Crippen LogP contribution >= 0.6 is 15.9 Å². The lowest BCUT2D eigenvalue weighted by molar-refractivity contribution is 0.414. The summed E-state index contributed by atoms with van der Waals surface area (Å²) in [7, 11) is 1.68. The summed E-state index contributed by atoms with van der Waals surface area (Å²) in [5.41, 5.74) is 4.14. The van der Waals surface area contributed by atoms with Crippen molar-refractivity contribution in [2.75, 3.05) is 12.4 Å². The summed E-state index contributed by atoms with van der Waals surface area (Å²) < 4.78 is 6.28. The van der Waals surface area contributed by atoms with Gasteiger partial charge < -0.3 is 10.1 Å². The maximum Gasteiger partial charge on any atom is 0.119 e. The minimum absolute atomic E-state index is 0.219. The SMILES string of the molecule is COc1ccc2c(c1)C(Nc1cc(Br)ccc1C#N)CC2. The number of halogens is 1. The predicted molar refractivity (Wildman–Crippen MR) is 86.5 cm³/mol. The summed E-state index contributed by atoms with van der Waals surface area (Å²) in [4.78, 5) is 0. The summed E-state index contributed by atoms with van der Waals surface area (Å²) in [6, 6.07) is 14.3. The first kappa shape index (κ1) is 14.0. The quantitative estimate of drug-likeness (QED) is 0.897. The highest BCUT2D eigenvalue weighted by atomic mass is 79.9. The third-order valence-corrected chi connectivity index (χ3v) is 4.36. The van der Waals surface area contributed by atoms with Crippen LogP contribution in [0.25, 0.3) is 0 Å². The van der Waals surface area contributed by atoms with E-state index in [0.717, 1.165) is 28.8 Å². The fourth-order valence-corrected chi connectivity index (χ4v) is 3.14. The molecule has 0 saturated carbocycles. The number of methoxy groups -OCH3 is 1. The van der Waals surface area contributed by atoms with Crippen LogP contribution in [-0.4, -0.2) is 7.11 Å². The number of nitrogens with zero attached hydrogens (tertiary/aromatic N) is 1. The van der Waals surface area contributed by atoms with Gasteiger partial charge in [0.25, 0.3) is 0 Å². The Bertz CT molecular complexity index is 721. The number of hydrogen-bond donors (Lipinski definition) is 1. The van der Waals surface area contributed by atoms with E-state index in [0.29, 0.717) is 5.56 Å². The van der Waals surface area contributed by atoms with Crippen molar-refractivity contribution in [1.29, 1.82) is 5.26 Å². The maximum absolute atomic E-state index is 9.24. The number of rotatable bonds is 3. The van der Waals surface area contributed by atoms with Gasteiger partial charge >= 0.3 is 0 Å². The summed E-state index contributed by atoms with van der Waals surface area (Å²) >= 11 is 3.46. The molecule has 1 atom stereocenters. The molecule has 1 aliphatic carbocycles. The van der Waals surface area contributed by atoms with Gasteiger partial charge in [-0.1, -0.05) is 22.0 Å². The van der Waals surface area contributed by atoms with Crippen LogP contribution in [0.3, 0.4) is 0 Å². The molecule has 0 saturated heterocycles. The topological polar surface area (TPSA) is 45.0 Å². The van der Waals surface area contributed by atoms with Crippen molar-refractivity contribution in [1.82, 2.24) is 0 Å². The zero-order chi connectivity index (χ0) is 14.8. The van der Waals surface area contributed by atoms with Crippen LogP contribution in [0.15, 0.2) is 40.9 Å². The van der Waals surface area contributed by atoms with Crippen molar-refractivity contribution >= 4 is 21.6 Å². The number of hydrogen-bond acceptors (Lipinski definition) is 3. The fraction of sp³-hybridized carbons (Fsp3) is 0.235. The summed E-state index contributed by atoms with van der Waals surface area (Å²) in [5, 5.41) is 12.7. The van der Waals surface area contributed by atoms with Crippen LogP contribution in [-0.2, 0) is 6.42 Å². The zero-order valence-electron chi connectivity index (χ0n) is 11.7. The number of ether oxygens (including phenoxy) is 1. The second kappa shape index (κ2) is 5.79. The van der Waals surface area contributed by atoms with Crippen LogP contribution in [0.4, 0.5) is 5.69 Å². The Morgan fingerprint density at radius 1 is 1.29 bits per heavy atom. The Morgan fingerprint density at radius 2 is 2.14 bits per heavy atom. The van der Waals surface area contributed by atoms with Gasteiger partial charge in [0.1, 0.15) is 11.8 Å². The second-order valence-corrected chi connectivity index (χ2v) is 6.02. The van der Waals surface area contributed by atoms with E-state index in [1.807, 2.05) is 24.3 Å². The fourth-order valence-electron chi connectivity index (χ4n) is 2.78. The van der Waals surface area contributed by atoms with Crippen molar-refractivity contribution in [3.63, 3.8) is 0 Å². The molecule has 106 valence electrons. The van der Waals surface area contributed by atoms with Gasteiger partial charge in [0.15, 0.2) is 0 Å². The van der Waals surface area contributed by atoms with Crippen molar-refractivity contribution in [2.45, 2.75) is 18.9 Å². The Labute approximate surface area is 132 Å². The third-order valence-electron chi connectivity index (χ3n) is 3.86. The van der Waals surface area contributed by atoms with Crippen LogP contribution < -0.4 is 10.1 Å². The van der Waals surface area contributed by atoms with Crippen molar-refractivity contribution in [3.05, 3.63) is 57.6 Å². The monoisotopic (exact) mass is 342 g/mol. The molecule has 2 aromatic carbocycles. The summed E-state index contributed by atoms with van der Waals surface area (Å²) in [6.45, 7) is 0. The number of nitriles is 1. The van der Waals surface area contributed by atoms with Gasteiger partial charge in [-0.3, -0.25) is 0 Å². The first-order valence-electron chi connectivity index (χ1n) is 6.84. The molecule has 21 heavy (non-hydrogen) atoms. The van der Waals surface area contributed by atoms with Gasteiger partial charge in [0.05, 0.1) is 24.4 Å². The first-order valence-corrected chi connectivity index (χ1v) is 7.63.